The molecule has 0 unspecified atom stereocenters. The molecule has 0 spiro atoms. The van der Waals surface area contributed by atoms with Gasteiger partial charge in [0.15, 0.2) is 11.5 Å². The van der Waals surface area contributed by atoms with Gasteiger partial charge in [-0.3, -0.25) is 9.59 Å². The Morgan fingerprint density at radius 3 is 2.76 bits per heavy atom. The van der Waals surface area contributed by atoms with Crippen LogP contribution in [0.1, 0.15) is 23.7 Å². The Labute approximate surface area is 119 Å². The Kier molecular flexibility index (Phi) is 3.10. The van der Waals surface area contributed by atoms with Gasteiger partial charge in [-0.2, -0.15) is 0 Å². The number of hydrogen-bond acceptors (Lipinski definition) is 5. The fourth-order valence-electron chi connectivity index (χ4n) is 2.14. The largest absolute Gasteiger partial charge is 0.501 e. The molecule has 0 atom stereocenters. The second-order valence-corrected chi connectivity index (χ2v) is 4.57. The molecule has 0 aliphatic heterocycles. The van der Waals surface area contributed by atoms with Gasteiger partial charge >= 0.3 is 0 Å². The molecule has 0 saturated heterocycles. The molecule has 3 rings (SSSR count). The van der Waals surface area contributed by atoms with E-state index in [1.807, 2.05) is 0 Å². The molecule has 1 aromatic carbocycles. The van der Waals surface area contributed by atoms with E-state index in [0.29, 0.717) is 12.0 Å². The molecular formula is C16H12O5. The maximum absolute atomic E-state index is 12.2. The summed E-state index contributed by atoms with van der Waals surface area (Å²) in [5.41, 5.74) is 0.118. The van der Waals surface area contributed by atoms with E-state index in [0.717, 1.165) is 0 Å². The molecule has 5 heteroatoms. The summed E-state index contributed by atoms with van der Waals surface area (Å²) < 4.78 is 10.7. The summed E-state index contributed by atoms with van der Waals surface area (Å²) in [6.07, 6.45) is 1.76. The van der Waals surface area contributed by atoms with Gasteiger partial charge in [0.2, 0.25) is 16.9 Å². The Morgan fingerprint density at radius 2 is 2.10 bits per heavy atom. The van der Waals surface area contributed by atoms with E-state index in [1.54, 1.807) is 31.2 Å². The van der Waals surface area contributed by atoms with E-state index < -0.39 is 11.2 Å². The number of furan rings is 1. The topological polar surface area (TPSA) is 80.7 Å². The number of carbonyl (C=O) groups is 1. The lowest BCUT2D eigenvalue weighted by atomic mass is 10.1. The zero-order chi connectivity index (χ0) is 15.0. The summed E-state index contributed by atoms with van der Waals surface area (Å²) in [7, 11) is 0. The predicted octanol–water partition coefficient (Wildman–Crippen LogP) is 3.35. The van der Waals surface area contributed by atoms with Crippen LogP contribution < -0.4 is 5.43 Å². The number of fused-ring (bicyclic) bond motifs is 1. The van der Waals surface area contributed by atoms with E-state index in [9.17, 15) is 14.7 Å². The van der Waals surface area contributed by atoms with Gasteiger partial charge < -0.3 is 13.9 Å². The van der Waals surface area contributed by atoms with Crippen LogP contribution in [0.4, 0.5) is 0 Å². The van der Waals surface area contributed by atoms with Gasteiger partial charge in [-0.1, -0.05) is 6.92 Å². The minimum absolute atomic E-state index is 0.0212. The van der Waals surface area contributed by atoms with Gasteiger partial charge in [0.1, 0.15) is 5.58 Å². The third-order valence-electron chi connectivity index (χ3n) is 3.25. The van der Waals surface area contributed by atoms with Crippen LogP contribution in [0.5, 0.6) is 5.75 Å². The van der Waals surface area contributed by atoms with Crippen LogP contribution in [0.3, 0.4) is 0 Å². The van der Waals surface area contributed by atoms with Gasteiger partial charge in [-0.15, -0.1) is 0 Å². The molecule has 1 N–H and O–H groups in total. The molecule has 106 valence electrons. The quantitative estimate of drug-likeness (QED) is 0.746. The van der Waals surface area contributed by atoms with Crippen molar-refractivity contribution in [3.63, 3.8) is 0 Å². The van der Waals surface area contributed by atoms with Gasteiger partial charge in [-0.25, -0.2) is 0 Å². The van der Waals surface area contributed by atoms with Crippen LogP contribution in [-0.2, 0) is 0 Å². The average molecular weight is 284 g/mol. The van der Waals surface area contributed by atoms with Crippen molar-refractivity contribution >= 4 is 16.8 Å². The summed E-state index contributed by atoms with van der Waals surface area (Å²) in [4.78, 5) is 23.9. The van der Waals surface area contributed by atoms with Crippen molar-refractivity contribution in [3.8, 4) is 17.3 Å². The van der Waals surface area contributed by atoms with Crippen LogP contribution in [0.2, 0.25) is 0 Å². The average Bonchev–Trinajstić information content (AvgIpc) is 3.03. The highest BCUT2D eigenvalue weighted by molar-refractivity contribution is 5.99. The molecule has 3 aromatic rings. The number of hydrogen-bond donors (Lipinski definition) is 1. The lowest BCUT2D eigenvalue weighted by Gasteiger charge is -2.05. The molecule has 2 heterocycles. The Bertz CT molecular complexity index is 872. The van der Waals surface area contributed by atoms with Gasteiger partial charge in [0.05, 0.1) is 11.6 Å². The zero-order valence-corrected chi connectivity index (χ0v) is 11.3. The van der Waals surface area contributed by atoms with E-state index in [2.05, 4.69) is 0 Å². The Morgan fingerprint density at radius 1 is 1.29 bits per heavy atom. The molecule has 0 amide bonds. The summed E-state index contributed by atoms with van der Waals surface area (Å²) in [5, 5.41) is 10.2. The Hall–Kier alpha value is -2.82. The van der Waals surface area contributed by atoms with E-state index in [4.69, 9.17) is 8.83 Å². The van der Waals surface area contributed by atoms with Crippen LogP contribution >= 0.6 is 0 Å². The zero-order valence-electron chi connectivity index (χ0n) is 11.3. The van der Waals surface area contributed by atoms with Crippen molar-refractivity contribution in [1.82, 2.24) is 0 Å². The number of carbonyl (C=O) groups excluding carboxylic acids is 1. The minimum atomic E-state index is -0.589. The molecule has 0 aliphatic rings. The molecule has 0 fully saturated rings. The lowest BCUT2D eigenvalue weighted by molar-refractivity contribution is 0.0988. The first-order valence-electron chi connectivity index (χ1n) is 6.48. The van der Waals surface area contributed by atoms with E-state index in [-0.39, 0.29) is 28.3 Å². The summed E-state index contributed by atoms with van der Waals surface area (Å²) in [6.45, 7) is 1.74. The normalized spacial score (nSPS) is 10.9. The standard InChI is InChI=1S/C16H12O5/c1-2-11(17)9-5-6-12-10(8-9)14(18)15(19)16(21-12)13-4-3-7-20-13/h3-8,19H,2H2,1H3. The molecule has 0 aliphatic carbocycles. The summed E-state index contributed by atoms with van der Waals surface area (Å²) in [6, 6.07) is 7.80. The highest BCUT2D eigenvalue weighted by Crippen LogP contribution is 2.30. The second-order valence-electron chi connectivity index (χ2n) is 4.57. The molecular weight excluding hydrogens is 272 g/mol. The lowest BCUT2D eigenvalue weighted by Crippen LogP contribution is -2.04. The fraction of sp³-hybridized carbons (Fsp3) is 0.125. The number of aromatic hydroxyl groups is 1. The maximum Gasteiger partial charge on any atom is 0.235 e. The fourth-order valence-corrected chi connectivity index (χ4v) is 2.14. The molecule has 21 heavy (non-hydrogen) atoms. The van der Waals surface area contributed by atoms with Gasteiger partial charge in [0, 0.05) is 12.0 Å². The minimum Gasteiger partial charge on any atom is -0.501 e. The van der Waals surface area contributed by atoms with Crippen LogP contribution in [0.15, 0.2) is 50.2 Å². The highest BCUT2D eigenvalue weighted by atomic mass is 16.4. The first kappa shape index (κ1) is 13.2. The van der Waals surface area contributed by atoms with Crippen molar-refractivity contribution in [2.24, 2.45) is 0 Å². The van der Waals surface area contributed by atoms with Gasteiger partial charge in [0.25, 0.3) is 0 Å². The van der Waals surface area contributed by atoms with E-state index in [1.165, 1.54) is 12.3 Å². The van der Waals surface area contributed by atoms with Crippen molar-refractivity contribution < 1.29 is 18.7 Å². The molecule has 0 bridgehead atoms. The van der Waals surface area contributed by atoms with Crippen molar-refractivity contribution in [3.05, 3.63) is 52.4 Å². The van der Waals surface area contributed by atoms with Crippen molar-refractivity contribution in [2.45, 2.75) is 13.3 Å². The van der Waals surface area contributed by atoms with Gasteiger partial charge in [-0.05, 0) is 30.3 Å². The van der Waals surface area contributed by atoms with Crippen molar-refractivity contribution in [1.29, 1.82) is 0 Å². The second kappa shape index (κ2) is 4.94. The van der Waals surface area contributed by atoms with Crippen LogP contribution in [-0.4, -0.2) is 10.9 Å². The Balaban J connectivity index is 2.28. The van der Waals surface area contributed by atoms with Crippen LogP contribution in [0.25, 0.3) is 22.5 Å². The maximum atomic E-state index is 12.2. The third kappa shape index (κ3) is 2.12. The first-order chi connectivity index (χ1) is 10.1. The number of Topliss-reactive ketones (excluding diaryl/α,β-unsaturated/α-hetero) is 1. The first-order valence-corrected chi connectivity index (χ1v) is 6.48. The molecule has 0 radical (unpaired) electrons. The number of ketones is 1. The summed E-state index contributed by atoms with van der Waals surface area (Å²) in [5.74, 6) is -0.364. The van der Waals surface area contributed by atoms with Crippen LogP contribution in [0, 0.1) is 0 Å². The van der Waals surface area contributed by atoms with Crippen molar-refractivity contribution in [2.75, 3.05) is 0 Å². The molecule has 5 nitrogen and oxygen atoms in total. The predicted molar refractivity (Wildman–Crippen MR) is 76.5 cm³/mol. The number of benzene rings is 1. The highest BCUT2D eigenvalue weighted by Gasteiger charge is 2.18. The third-order valence-corrected chi connectivity index (χ3v) is 3.25. The monoisotopic (exact) mass is 284 g/mol. The number of rotatable bonds is 3. The smallest absolute Gasteiger partial charge is 0.235 e. The summed E-state index contributed by atoms with van der Waals surface area (Å²) >= 11 is 0. The SMILES string of the molecule is CCC(=O)c1ccc2oc(-c3ccco3)c(O)c(=O)c2c1. The molecule has 2 aromatic heterocycles. The molecule has 0 saturated carbocycles. The van der Waals surface area contributed by atoms with E-state index >= 15 is 0 Å².